The van der Waals surface area contributed by atoms with E-state index in [0.29, 0.717) is 28.2 Å². The van der Waals surface area contributed by atoms with Crippen molar-refractivity contribution < 1.29 is 13.2 Å². The van der Waals surface area contributed by atoms with Crippen LogP contribution in [0.2, 0.25) is 5.02 Å². The Morgan fingerprint density at radius 1 is 1.11 bits per heavy atom. The van der Waals surface area contributed by atoms with Crippen molar-refractivity contribution in [3.63, 3.8) is 0 Å². The van der Waals surface area contributed by atoms with Crippen LogP contribution in [0.4, 0.5) is 5.69 Å². The standard InChI is InChI=1S/C20H20ClN3O3S/c1-20(2,3)15-4-7-17(8-5-15)28(26,27)23-18-9-6-16(21)10-19(18)24-12-14(13-25)11-22-24/h4-13,23H,1-3H3. The molecule has 0 aliphatic rings. The summed E-state index contributed by atoms with van der Waals surface area (Å²) in [5.74, 6) is 0. The van der Waals surface area contributed by atoms with Crippen molar-refractivity contribution in [2.45, 2.75) is 31.1 Å². The van der Waals surface area contributed by atoms with Crippen LogP contribution in [0.1, 0.15) is 36.7 Å². The molecule has 6 nitrogen and oxygen atoms in total. The molecule has 146 valence electrons. The van der Waals surface area contributed by atoms with E-state index in [2.05, 4.69) is 30.6 Å². The zero-order valence-corrected chi connectivity index (χ0v) is 17.3. The van der Waals surface area contributed by atoms with E-state index >= 15 is 0 Å². The maximum Gasteiger partial charge on any atom is 0.261 e. The van der Waals surface area contributed by atoms with E-state index in [9.17, 15) is 13.2 Å². The van der Waals surface area contributed by atoms with Gasteiger partial charge < -0.3 is 0 Å². The normalized spacial score (nSPS) is 12.0. The number of nitrogens with zero attached hydrogens (tertiary/aromatic N) is 2. The third kappa shape index (κ3) is 4.26. The van der Waals surface area contributed by atoms with Gasteiger partial charge in [0.2, 0.25) is 0 Å². The molecule has 0 radical (unpaired) electrons. The number of hydrogen-bond acceptors (Lipinski definition) is 4. The summed E-state index contributed by atoms with van der Waals surface area (Å²) in [4.78, 5) is 11.1. The van der Waals surface area contributed by atoms with Crippen LogP contribution in [0.5, 0.6) is 0 Å². The van der Waals surface area contributed by atoms with Crippen molar-refractivity contribution >= 4 is 33.6 Å². The number of aldehydes is 1. The lowest BCUT2D eigenvalue weighted by Gasteiger charge is -2.19. The molecule has 1 heterocycles. The first-order valence-corrected chi connectivity index (χ1v) is 10.4. The van der Waals surface area contributed by atoms with Gasteiger partial charge in [0.25, 0.3) is 10.0 Å². The molecule has 0 spiro atoms. The summed E-state index contributed by atoms with van der Waals surface area (Å²) in [5, 5.41) is 4.50. The summed E-state index contributed by atoms with van der Waals surface area (Å²) in [5.41, 5.74) is 2.04. The summed E-state index contributed by atoms with van der Waals surface area (Å²) < 4.78 is 29.7. The second kappa shape index (κ2) is 7.41. The number of aromatic nitrogens is 2. The van der Waals surface area contributed by atoms with Gasteiger partial charge in [0.15, 0.2) is 6.29 Å². The van der Waals surface area contributed by atoms with E-state index in [4.69, 9.17) is 11.6 Å². The lowest BCUT2D eigenvalue weighted by Crippen LogP contribution is -2.16. The van der Waals surface area contributed by atoms with Crippen molar-refractivity contribution in [3.8, 4) is 5.69 Å². The number of benzene rings is 2. The molecule has 0 saturated heterocycles. The van der Waals surface area contributed by atoms with Gasteiger partial charge in [-0.1, -0.05) is 44.5 Å². The smallest absolute Gasteiger partial charge is 0.261 e. The summed E-state index contributed by atoms with van der Waals surface area (Å²) in [6.45, 7) is 6.19. The van der Waals surface area contributed by atoms with E-state index in [1.165, 1.54) is 17.1 Å². The minimum absolute atomic E-state index is 0.0740. The van der Waals surface area contributed by atoms with Gasteiger partial charge in [0, 0.05) is 11.2 Å². The fourth-order valence-electron chi connectivity index (χ4n) is 2.65. The molecule has 0 unspecified atom stereocenters. The van der Waals surface area contributed by atoms with E-state index in [0.717, 1.165) is 5.56 Å². The maximum absolute atomic E-state index is 12.9. The molecular weight excluding hydrogens is 398 g/mol. The Morgan fingerprint density at radius 2 is 1.79 bits per heavy atom. The first-order chi connectivity index (χ1) is 13.1. The molecular formula is C20H20ClN3O3S. The van der Waals surface area contributed by atoms with Crippen molar-refractivity contribution in [1.82, 2.24) is 9.78 Å². The Kier molecular flexibility index (Phi) is 5.32. The largest absolute Gasteiger partial charge is 0.298 e. The number of carbonyl (C=O) groups excluding carboxylic acids is 1. The molecule has 0 amide bonds. The first-order valence-electron chi connectivity index (χ1n) is 8.53. The average Bonchev–Trinajstić information content (AvgIpc) is 3.11. The molecule has 28 heavy (non-hydrogen) atoms. The zero-order valence-electron chi connectivity index (χ0n) is 15.7. The van der Waals surface area contributed by atoms with Crippen molar-refractivity contribution in [2.75, 3.05) is 4.72 Å². The molecule has 8 heteroatoms. The molecule has 0 aliphatic heterocycles. The van der Waals surface area contributed by atoms with E-state index in [1.807, 2.05) is 0 Å². The zero-order chi connectivity index (χ0) is 20.5. The number of sulfonamides is 1. The summed E-state index contributed by atoms with van der Waals surface area (Å²) in [6, 6.07) is 11.5. The van der Waals surface area contributed by atoms with Crippen LogP contribution < -0.4 is 4.72 Å². The minimum atomic E-state index is -3.82. The molecule has 0 bridgehead atoms. The van der Waals surface area contributed by atoms with Gasteiger partial charge >= 0.3 is 0 Å². The summed E-state index contributed by atoms with van der Waals surface area (Å²) in [6.07, 6.45) is 3.54. The predicted molar refractivity (Wildman–Crippen MR) is 110 cm³/mol. The predicted octanol–water partition coefficient (Wildman–Crippen LogP) is 4.44. The van der Waals surface area contributed by atoms with Gasteiger partial charge in [-0.05, 0) is 41.3 Å². The van der Waals surface area contributed by atoms with Gasteiger partial charge in [-0.15, -0.1) is 0 Å². The summed E-state index contributed by atoms with van der Waals surface area (Å²) >= 11 is 6.07. The lowest BCUT2D eigenvalue weighted by atomic mass is 9.87. The molecule has 3 aromatic rings. The van der Waals surface area contributed by atoms with Gasteiger partial charge in [-0.25, -0.2) is 13.1 Å². The van der Waals surface area contributed by atoms with E-state index in [1.54, 1.807) is 42.5 Å². The van der Waals surface area contributed by atoms with Crippen LogP contribution in [0, 0.1) is 0 Å². The third-order valence-electron chi connectivity index (χ3n) is 4.22. The van der Waals surface area contributed by atoms with Crippen LogP contribution in [0.3, 0.4) is 0 Å². The Balaban J connectivity index is 1.97. The Morgan fingerprint density at radius 3 is 2.36 bits per heavy atom. The molecule has 0 saturated carbocycles. The number of hydrogen-bond donors (Lipinski definition) is 1. The lowest BCUT2D eigenvalue weighted by molar-refractivity contribution is 0.112. The van der Waals surface area contributed by atoms with Gasteiger partial charge in [-0.3, -0.25) is 9.52 Å². The molecule has 0 aliphatic carbocycles. The average molecular weight is 418 g/mol. The topological polar surface area (TPSA) is 81.1 Å². The van der Waals surface area contributed by atoms with Crippen molar-refractivity contribution in [3.05, 3.63) is 71.0 Å². The molecule has 1 N–H and O–H groups in total. The van der Waals surface area contributed by atoms with Crippen LogP contribution in [0.15, 0.2) is 59.8 Å². The highest BCUT2D eigenvalue weighted by atomic mass is 35.5. The molecule has 0 fully saturated rings. The fraction of sp³-hybridized carbons (Fsp3) is 0.200. The van der Waals surface area contributed by atoms with Crippen LogP contribution in [-0.4, -0.2) is 24.5 Å². The summed E-state index contributed by atoms with van der Waals surface area (Å²) in [7, 11) is -3.82. The van der Waals surface area contributed by atoms with E-state index in [-0.39, 0.29) is 10.3 Å². The fourth-order valence-corrected chi connectivity index (χ4v) is 3.89. The van der Waals surface area contributed by atoms with Gasteiger partial charge in [0.05, 0.1) is 28.0 Å². The molecule has 0 atom stereocenters. The second-order valence-electron chi connectivity index (χ2n) is 7.38. The number of halogens is 1. The Hall–Kier alpha value is -2.64. The molecule has 3 rings (SSSR count). The van der Waals surface area contributed by atoms with Crippen molar-refractivity contribution in [2.24, 2.45) is 0 Å². The second-order valence-corrected chi connectivity index (χ2v) is 9.50. The Labute approximate surface area is 169 Å². The number of nitrogens with one attached hydrogen (secondary N) is 1. The molecule has 2 aromatic carbocycles. The minimum Gasteiger partial charge on any atom is -0.298 e. The van der Waals surface area contributed by atoms with Gasteiger partial charge in [-0.2, -0.15) is 5.10 Å². The van der Waals surface area contributed by atoms with E-state index < -0.39 is 10.0 Å². The SMILES string of the molecule is CC(C)(C)c1ccc(S(=O)(=O)Nc2ccc(Cl)cc2-n2cc(C=O)cn2)cc1. The maximum atomic E-state index is 12.9. The number of carbonyl (C=O) groups is 1. The highest BCUT2D eigenvalue weighted by molar-refractivity contribution is 7.92. The Bertz CT molecular complexity index is 1110. The van der Waals surface area contributed by atoms with Crippen LogP contribution in [-0.2, 0) is 15.4 Å². The molecule has 1 aromatic heterocycles. The number of anilines is 1. The first kappa shape index (κ1) is 20.1. The number of rotatable bonds is 5. The quantitative estimate of drug-likeness (QED) is 0.622. The van der Waals surface area contributed by atoms with Crippen LogP contribution >= 0.6 is 11.6 Å². The van der Waals surface area contributed by atoms with Gasteiger partial charge in [0.1, 0.15) is 0 Å². The third-order valence-corrected chi connectivity index (χ3v) is 5.84. The van der Waals surface area contributed by atoms with Crippen LogP contribution in [0.25, 0.3) is 5.69 Å². The highest BCUT2D eigenvalue weighted by Gasteiger charge is 2.19. The monoisotopic (exact) mass is 417 g/mol. The highest BCUT2D eigenvalue weighted by Crippen LogP contribution is 2.28. The van der Waals surface area contributed by atoms with Crippen molar-refractivity contribution in [1.29, 1.82) is 0 Å².